The number of carbonyl (C=O) groups is 2. The van der Waals surface area contributed by atoms with Crippen LogP contribution in [0.2, 0.25) is 0 Å². The van der Waals surface area contributed by atoms with E-state index in [-0.39, 0.29) is 18.4 Å². The van der Waals surface area contributed by atoms with Gasteiger partial charge >= 0.3 is 0 Å². The number of hydrogen-bond acceptors (Lipinski definition) is 4. The molecule has 3 N–H and O–H groups in total. The van der Waals surface area contributed by atoms with Crippen LogP contribution < -0.4 is 10.6 Å². The Hall–Kier alpha value is -2.60. The lowest BCUT2D eigenvalue weighted by Gasteiger charge is -2.21. The van der Waals surface area contributed by atoms with Crippen molar-refractivity contribution in [1.29, 1.82) is 0 Å². The highest BCUT2D eigenvalue weighted by Crippen LogP contribution is 2.22. The first kappa shape index (κ1) is 18.7. The molecule has 1 atom stereocenters. The lowest BCUT2D eigenvalue weighted by molar-refractivity contribution is 0.0323. The zero-order valence-electron chi connectivity index (χ0n) is 14.8. The Kier molecular flexibility index (Phi) is 5.98. The van der Waals surface area contributed by atoms with E-state index in [0.717, 1.165) is 6.42 Å². The summed E-state index contributed by atoms with van der Waals surface area (Å²) in [7, 11) is 0. The average Bonchev–Trinajstić information content (AvgIpc) is 3.05. The molecule has 0 fully saturated rings. The maximum Gasteiger partial charge on any atom is 0.251 e. The second-order valence-electron chi connectivity index (χ2n) is 6.20. The van der Waals surface area contributed by atoms with Crippen LogP contribution in [-0.4, -0.2) is 30.0 Å². The van der Waals surface area contributed by atoms with Crippen LogP contribution in [0.5, 0.6) is 0 Å². The summed E-state index contributed by atoms with van der Waals surface area (Å²) in [6, 6.07) is 9.90. The fourth-order valence-corrected chi connectivity index (χ4v) is 2.31. The predicted molar refractivity (Wildman–Crippen MR) is 94.4 cm³/mol. The molecule has 0 bridgehead atoms. The Morgan fingerprint density at radius 1 is 1.12 bits per heavy atom. The smallest absolute Gasteiger partial charge is 0.251 e. The SMILES string of the molecule is CCCNC(=O)c1cccc(C(=O)NCC(C)(O)c2ccc(C)o2)c1. The van der Waals surface area contributed by atoms with Crippen molar-refractivity contribution in [3.8, 4) is 0 Å². The topological polar surface area (TPSA) is 91.6 Å². The van der Waals surface area contributed by atoms with Gasteiger partial charge in [-0.2, -0.15) is 0 Å². The molecule has 0 aliphatic heterocycles. The van der Waals surface area contributed by atoms with Gasteiger partial charge in [0.05, 0.1) is 6.54 Å². The number of hydrogen-bond donors (Lipinski definition) is 3. The number of carbonyl (C=O) groups excluding carboxylic acids is 2. The summed E-state index contributed by atoms with van der Waals surface area (Å²) < 4.78 is 5.42. The van der Waals surface area contributed by atoms with E-state index in [1.54, 1.807) is 44.2 Å². The van der Waals surface area contributed by atoms with Crippen molar-refractivity contribution in [3.63, 3.8) is 0 Å². The fraction of sp³-hybridized carbons (Fsp3) is 0.368. The molecular formula is C19H24N2O4. The van der Waals surface area contributed by atoms with E-state index in [0.29, 0.717) is 29.2 Å². The molecule has 1 heterocycles. The van der Waals surface area contributed by atoms with E-state index >= 15 is 0 Å². The lowest BCUT2D eigenvalue weighted by atomic mass is 10.0. The molecule has 2 rings (SSSR count). The Balaban J connectivity index is 2.02. The highest BCUT2D eigenvalue weighted by Gasteiger charge is 2.27. The lowest BCUT2D eigenvalue weighted by Crippen LogP contribution is -2.38. The van der Waals surface area contributed by atoms with E-state index in [4.69, 9.17) is 4.42 Å². The average molecular weight is 344 g/mol. The van der Waals surface area contributed by atoms with Crippen LogP contribution in [0.1, 0.15) is 52.5 Å². The van der Waals surface area contributed by atoms with Crippen molar-refractivity contribution >= 4 is 11.8 Å². The Morgan fingerprint density at radius 3 is 2.32 bits per heavy atom. The largest absolute Gasteiger partial charge is 0.463 e. The molecule has 0 aliphatic carbocycles. The molecule has 1 aromatic carbocycles. The summed E-state index contributed by atoms with van der Waals surface area (Å²) in [6.07, 6.45) is 0.841. The number of rotatable bonds is 7. The number of aliphatic hydroxyl groups is 1. The first-order valence-electron chi connectivity index (χ1n) is 8.29. The molecule has 6 heteroatoms. The number of nitrogens with one attached hydrogen (secondary N) is 2. The molecule has 0 radical (unpaired) electrons. The Morgan fingerprint density at radius 2 is 1.76 bits per heavy atom. The van der Waals surface area contributed by atoms with Gasteiger partial charge < -0.3 is 20.2 Å². The van der Waals surface area contributed by atoms with E-state index in [2.05, 4.69) is 10.6 Å². The highest BCUT2D eigenvalue weighted by molar-refractivity contribution is 5.99. The molecular weight excluding hydrogens is 320 g/mol. The molecule has 1 aromatic heterocycles. The van der Waals surface area contributed by atoms with Crippen molar-refractivity contribution in [2.24, 2.45) is 0 Å². The minimum absolute atomic E-state index is 0.00888. The molecule has 2 amide bonds. The molecule has 134 valence electrons. The van der Waals surface area contributed by atoms with E-state index in [9.17, 15) is 14.7 Å². The molecule has 25 heavy (non-hydrogen) atoms. The van der Waals surface area contributed by atoms with Gasteiger partial charge in [0.25, 0.3) is 11.8 Å². The molecule has 0 saturated carbocycles. The van der Waals surface area contributed by atoms with Crippen LogP contribution in [0.15, 0.2) is 40.8 Å². The van der Waals surface area contributed by atoms with E-state index in [1.807, 2.05) is 6.92 Å². The van der Waals surface area contributed by atoms with Gasteiger partial charge in [0.15, 0.2) is 0 Å². The number of benzene rings is 1. The summed E-state index contributed by atoms with van der Waals surface area (Å²) >= 11 is 0. The summed E-state index contributed by atoms with van der Waals surface area (Å²) in [6.45, 7) is 5.90. The van der Waals surface area contributed by atoms with Gasteiger partial charge in [-0.25, -0.2) is 0 Å². The quantitative estimate of drug-likeness (QED) is 0.719. The van der Waals surface area contributed by atoms with E-state index in [1.165, 1.54) is 6.07 Å². The van der Waals surface area contributed by atoms with E-state index < -0.39 is 5.60 Å². The van der Waals surface area contributed by atoms with Gasteiger partial charge in [-0.15, -0.1) is 0 Å². The third kappa shape index (κ3) is 4.93. The molecule has 0 saturated heterocycles. The van der Waals surface area contributed by atoms with Crippen molar-refractivity contribution in [1.82, 2.24) is 10.6 Å². The highest BCUT2D eigenvalue weighted by atomic mass is 16.4. The van der Waals surface area contributed by atoms with Crippen LogP contribution in [0.4, 0.5) is 0 Å². The van der Waals surface area contributed by atoms with Crippen LogP contribution in [0.25, 0.3) is 0 Å². The van der Waals surface area contributed by atoms with Crippen LogP contribution in [0, 0.1) is 6.92 Å². The molecule has 0 aliphatic rings. The van der Waals surface area contributed by atoms with Gasteiger partial charge in [-0.3, -0.25) is 9.59 Å². The summed E-state index contributed by atoms with van der Waals surface area (Å²) in [5.74, 6) is 0.494. The van der Waals surface area contributed by atoms with Crippen molar-refractivity contribution < 1.29 is 19.1 Å². The summed E-state index contributed by atoms with van der Waals surface area (Å²) in [5, 5.41) is 15.9. The maximum atomic E-state index is 12.3. The fourth-order valence-electron chi connectivity index (χ4n) is 2.31. The normalized spacial score (nSPS) is 13.1. The van der Waals surface area contributed by atoms with Crippen LogP contribution in [-0.2, 0) is 5.60 Å². The molecule has 2 aromatic rings. The van der Waals surface area contributed by atoms with Gasteiger partial charge in [0.1, 0.15) is 17.1 Å². The van der Waals surface area contributed by atoms with Crippen molar-refractivity contribution in [2.75, 3.05) is 13.1 Å². The number of aryl methyl sites for hydroxylation is 1. The summed E-state index contributed by atoms with van der Waals surface area (Å²) in [5.41, 5.74) is -0.537. The van der Waals surface area contributed by atoms with Gasteiger partial charge in [0.2, 0.25) is 0 Å². The van der Waals surface area contributed by atoms with Gasteiger partial charge in [-0.1, -0.05) is 13.0 Å². The Bertz CT molecular complexity index is 749. The van der Waals surface area contributed by atoms with Gasteiger partial charge in [-0.05, 0) is 50.6 Å². The number of amides is 2. The predicted octanol–water partition coefficient (Wildman–Crippen LogP) is 2.37. The maximum absolute atomic E-state index is 12.3. The van der Waals surface area contributed by atoms with Crippen molar-refractivity contribution in [2.45, 2.75) is 32.8 Å². The third-order valence-electron chi connectivity index (χ3n) is 3.79. The zero-order chi connectivity index (χ0) is 18.4. The standard InChI is InChI=1S/C19H24N2O4/c1-4-10-20-17(22)14-6-5-7-15(11-14)18(23)21-12-19(3,24)16-9-8-13(2)25-16/h5-9,11,24H,4,10,12H2,1-3H3,(H,20,22)(H,21,23). The first-order chi connectivity index (χ1) is 11.8. The van der Waals surface area contributed by atoms with Gasteiger partial charge in [0, 0.05) is 17.7 Å². The minimum Gasteiger partial charge on any atom is -0.463 e. The minimum atomic E-state index is -1.32. The monoisotopic (exact) mass is 344 g/mol. The summed E-state index contributed by atoms with van der Waals surface area (Å²) in [4.78, 5) is 24.3. The van der Waals surface area contributed by atoms with Crippen LogP contribution >= 0.6 is 0 Å². The second kappa shape index (κ2) is 7.98. The number of furan rings is 1. The molecule has 6 nitrogen and oxygen atoms in total. The molecule has 1 unspecified atom stereocenters. The first-order valence-corrected chi connectivity index (χ1v) is 8.29. The van der Waals surface area contributed by atoms with Crippen molar-refractivity contribution in [3.05, 3.63) is 59.0 Å². The zero-order valence-corrected chi connectivity index (χ0v) is 14.8. The molecule has 0 spiro atoms. The Labute approximate surface area is 147 Å². The third-order valence-corrected chi connectivity index (χ3v) is 3.79. The van der Waals surface area contributed by atoms with Crippen LogP contribution in [0.3, 0.4) is 0 Å². The second-order valence-corrected chi connectivity index (χ2v) is 6.20.